The first-order valence-electron chi connectivity index (χ1n) is 9.98. The number of hydrogen-bond acceptors (Lipinski definition) is 5. The quantitative estimate of drug-likeness (QED) is 0.888. The van der Waals surface area contributed by atoms with Crippen molar-refractivity contribution in [1.29, 1.82) is 0 Å². The number of phenols is 1. The maximum absolute atomic E-state index is 10.5. The largest absolute Gasteiger partial charge is 0.504 e. The molecule has 5 heteroatoms. The molecule has 1 aromatic carbocycles. The van der Waals surface area contributed by atoms with Crippen molar-refractivity contribution in [1.82, 2.24) is 9.88 Å². The Bertz CT molecular complexity index is 902. The molecule has 1 N–H and O–H groups in total. The molecular formula is C22H24N2O3. The smallest absolute Gasteiger partial charge is 0.213 e. The second-order valence-corrected chi connectivity index (χ2v) is 8.54. The Morgan fingerprint density at radius 1 is 1.26 bits per heavy atom. The minimum atomic E-state index is -0.0585. The zero-order chi connectivity index (χ0) is 18.2. The number of rotatable bonds is 2. The van der Waals surface area contributed by atoms with E-state index < -0.39 is 0 Å². The number of ether oxygens (including phenoxy) is 2. The van der Waals surface area contributed by atoms with Crippen LogP contribution in [0.3, 0.4) is 0 Å². The number of aromatic hydroxyl groups is 1. The number of benzene rings is 1. The third kappa shape index (κ3) is 1.95. The molecule has 4 aliphatic rings. The van der Waals surface area contributed by atoms with Crippen LogP contribution >= 0.6 is 0 Å². The molecule has 6 rings (SSSR count). The second-order valence-electron chi connectivity index (χ2n) is 8.54. The van der Waals surface area contributed by atoms with Gasteiger partial charge in [-0.1, -0.05) is 12.1 Å². The topological polar surface area (TPSA) is 54.8 Å². The molecule has 2 fully saturated rings. The number of nitrogens with zero attached hydrogens (tertiary/aromatic N) is 2. The Morgan fingerprint density at radius 2 is 2.19 bits per heavy atom. The Balaban J connectivity index is 1.49. The minimum Gasteiger partial charge on any atom is -0.504 e. The van der Waals surface area contributed by atoms with Crippen LogP contribution < -0.4 is 9.47 Å². The number of pyridine rings is 1. The summed E-state index contributed by atoms with van der Waals surface area (Å²) < 4.78 is 12.8. The van der Waals surface area contributed by atoms with Crippen LogP contribution in [0.15, 0.2) is 36.5 Å². The van der Waals surface area contributed by atoms with Crippen molar-refractivity contribution in [2.75, 3.05) is 13.6 Å². The first-order chi connectivity index (χ1) is 13.2. The highest BCUT2D eigenvalue weighted by Crippen LogP contribution is 2.63. The van der Waals surface area contributed by atoms with Gasteiger partial charge in [-0.15, -0.1) is 0 Å². The SMILES string of the molecule is CN1CC[C@]23c4c5ccc(O)c4O[C@H]2[C@@H](Oc2ccccn2)CC[C@H]3[C@H]1C5. The van der Waals surface area contributed by atoms with Gasteiger partial charge >= 0.3 is 0 Å². The predicted octanol–water partition coefficient (Wildman–Crippen LogP) is 2.90. The maximum atomic E-state index is 10.5. The van der Waals surface area contributed by atoms with Crippen molar-refractivity contribution in [3.05, 3.63) is 47.7 Å². The molecular weight excluding hydrogens is 340 g/mol. The summed E-state index contributed by atoms with van der Waals surface area (Å²) in [5.41, 5.74) is 2.57. The van der Waals surface area contributed by atoms with Gasteiger partial charge in [-0.05, 0) is 62.9 Å². The highest BCUT2D eigenvalue weighted by Gasteiger charge is 2.66. The van der Waals surface area contributed by atoms with E-state index in [0.717, 1.165) is 32.2 Å². The molecule has 3 heterocycles. The zero-order valence-electron chi connectivity index (χ0n) is 15.5. The van der Waals surface area contributed by atoms with Gasteiger partial charge in [-0.3, -0.25) is 0 Å². The molecule has 140 valence electrons. The van der Waals surface area contributed by atoms with Crippen LogP contribution in [0, 0.1) is 5.92 Å². The van der Waals surface area contributed by atoms with Crippen LogP contribution in [-0.4, -0.2) is 46.8 Å². The van der Waals surface area contributed by atoms with E-state index in [1.807, 2.05) is 18.2 Å². The molecule has 0 amide bonds. The molecule has 5 atom stereocenters. The lowest BCUT2D eigenvalue weighted by molar-refractivity contribution is -0.0922. The fraction of sp³-hybridized carbons (Fsp3) is 0.500. The van der Waals surface area contributed by atoms with Crippen LogP contribution in [-0.2, 0) is 11.8 Å². The molecule has 2 aliphatic heterocycles. The standard InChI is InChI=1S/C22H24N2O3/c1-24-11-9-22-14-6-8-17(26-18-4-2-3-10-23-18)21(22)27-20-16(25)7-5-13(19(20)22)12-15(14)24/h2-5,7,10,14-15,17,21,25H,6,8-9,11-12H2,1H3/t14-,15+,17-,21-,22-/m0/s1. The Morgan fingerprint density at radius 3 is 3.04 bits per heavy atom. The minimum absolute atomic E-state index is 0.0436. The van der Waals surface area contributed by atoms with E-state index in [4.69, 9.17) is 9.47 Å². The highest BCUT2D eigenvalue weighted by atomic mass is 16.6. The first kappa shape index (κ1) is 15.8. The predicted molar refractivity (Wildman–Crippen MR) is 100 cm³/mol. The molecule has 2 aliphatic carbocycles. The fourth-order valence-corrected chi connectivity index (χ4v) is 6.38. The van der Waals surface area contributed by atoms with E-state index in [-0.39, 0.29) is 23.4 Å². The lowest BCUT2D eigenvalue weighted by Crippen LogP contribution is -2.66. The number of aromatic nitrogens is 1. The molecule has 2 aromatic rings. The van der Waals surface area contributed by atoms with Crippen LogP contribution in [0.4, 0.5) is 0 Å². The molecule has 5 nitrogen and oxygen atoms in total. The molecule has 0 unspecified atom stereocenters. The summed E-state index contributed by atoms with van der Waals surface area (Å²) >= 11 is 0. The molecule has 1 aromatic heterocycles. The zero-order valence-corrected chi connectivity index (χ0v) is 15.5. The van der Waals surface area contributed by atoms with E-state index in [9.17, 15) is 5.11 Å². The van der Waals surface area contributed by atoms with Crippen LogP contribution in [0.2, 0.25) is 0 Å². The molecule has 27 heavy (non-hydrogen) atoms. The van der Waals surface area contributed by atoms with Crippen LogP contribution in [0.25, 0.3) is 0 Å². The third-order valence-corrected chi connectivity index (χ3v) is 7.45. The van der Waals surface area contributed by atoms with Gasteiger partial charge in [0.2, 0.25) is 5.88 Å². The maximum Gasteiger partial charge on any atom is 0.213 e. The summed E-state index contributed by atoms with van der Waals surface area (Å²) in [5, 5.41) is 10.5. The number of phenolic OH excluding ortho intramolecular Hbond substituents is 1. The molecule has 1 saturated heterocycles. The van der Waals surface area contributed by atoms with Gasteiger partial charge in [0, 0.05) is 29.3 Å². The van der Waals surface area contributed by atoms with E-state index in [1.54, 1.807) is 12.3 Å². The molecule has 0 radical (unpaired) electrons. The average molecular weight is 364 g/mol. The monoisotopic (exact) mass is 364 g/mol. The van der Waals surface area contributed by atoms with E-state index in [2.05, 4.69) is 23.0 Å². The van der Waals surface area contributed by atoms with Gasteiger partial charge in [0.15, 0.2) is 11.5 Å². The van der Waals surface area contributed by atoms with Gasteiger partial charge in [0.05, 0.1) is 0 Å². The summed E-state index contributed by atoms with van der Waals surface area (Å²) in [6.07, 6.45) is 5.85. The van der Waals surface area contributed by atoms with E-state index in [0.29, 0.717) is 23.6 Å². The molecule has 1 saturated carbocycles. The van der Waals surface area contributed by atoms with Gasteiger partial charge in [-0.2, -0.15) is 0 Å². The first-order valence-corrected chi connectivity index (χ1v) is 9.98. The number of hydrogen-bond donors (Lipinski definition) is 1. The summed E-state index contributed by atoms with van der Waals surface area (Å²) in [7, 11) is 2.26. The fourth-order valence-electron chi connectivity index (χ4n) is 6.38. The Labute approximate surface area is 158 Å². The van der Waals surface area contributed by atoms with Gasteiger partial charge in [0.1, 0.15) is 12.2 Å². The number of piperidine rings is 1. The van der Waals surface area contributed by atoms with E-state index in [1.165, 1.54) is 11.1 Å². The van der Waals surface area contributed by atoms with Gasteiger partial charge < -0.3 is 19.5 Å². The van der Waals surface area contributed by atoms with Crippen LogP contribution in [0.1, 0.15) is 30.4 Å². The lowest BCUT2D eigenvalue weighted by Gasteiger charge is -2.58. The summed E-state index contributed by atoms with van der Waals surface area (Å²) in [4.78, 5) is 6.89. The third-order valence-electron chi connectivity index (χ3n) is 7.45. The van der Waals surface area contributed by atoms with Crippen LogP contribution in [0.5, 0.6) is 17.4 Å². The second kappa shape index (κ2) is 5.38. The van der Waals surface area contributed by atoms with Crippen molar-refractivity contribution in [3.8, 4) is 17.4 Å². The Kier molecular flexibility index (Phi) is 3.14. The molecule has 1 spiro atoms. The number of likely N-dealkylation sites (tertiary alicyclic amines) is 1. The van der Waals surface area contributed by atoms with Crippen molar-refractivity contribution in [2.24, 2.45) is 5.92 Å². The Hall–Kier alpha value is -2.27. The molecule has 2 bridgehead atoms. The summed E-state index contributed by atoms with van der Waals surface area (Å²) in [6.45, 7) is 1.06. The van der Waals surface area contributed by atoms with E-state index >= 15 is 0 Å². The van der Waals surface area contributed by atoms with Gasteiger partial charge in [0.25, 0.3) is 0 Å². The van der Waals surface area contributed by atoms with Crippen molar-refractivity contribution >= 4 is 0 Å². The van der Waals surface area contributed by atoms with Crippen molar-refractivity contribution < 1.29 is 14.6 Å². The normalized spacial score (nSPS) is 36.0. The van der Waals surface area contributed by atoms with Crippen molar-refractivity contribution in [3.63, 3.8) is 0 Å². The van der Waals surface area contributed by atoms with Gasteiger partial charge in [-0.25, -0.2) is 4.98 Å². The average Bonchev–Trinajstić information content (AvgIpc) is 3.04. The summed E-state index contributed by atoms with van der Waals surface area (Å²) in [6, 6.07) is 10.2. The lowest BCUT2D eigenvalue weighted by atomic mass is 9.51. The summed E-state index contributed by atoms with van der Waals surface area (Å²) in [5.74, 6) is 2.19. The number of likely N-dealkylation sites (N-methyl/N-ethyl adjacent to an activating group) is 1. The van der Waals surface area contributed by atoms with Crippen molar-refractivity contribution in [2.45, 2.75) is 49.3 Å². The highest BCUT2D eigenvalue weighted by molar-refractivity contribution is 5.60.